The summed E-state index contributed by atoms with van der Waals surface area (Å²) in [5.41, 5.74) is 1.95. The average Bonchev–Trinajstić information content (AvgIpc) is 2.67. The van der Waals surface area contributed by atoms with Gasteiger partial charge in [-0.2, -0.15) is 0 Å². The summed E-state index contributed by atoms with van der Waals surface area (Å²) in [4.78, 5) is 11.5. The number of nitrogens with zero attached hydrogens (tertiary/aromatic N) is 2. The predicted molar refractivity (Wildman–Crippen MR) is 57.3 cm³/mol. The number of hydrogen-bond acceptors (Lipinski definition) is 3. The number of rotatable bonds is 4. The Bertz CT molecular complexity index is 407. The highest BCUT2D eigenvalue weighted by Gasteiger charge is 2.02. The van der Waals surface area contributed by atoms with Gasteiger partial charge in [0.05, 0.1) is 5.52 Å². The van der Waals surface area contributed by atoms with Crippen LogP contribution < -0.4 is 5.32 Å². The van der Waals surface area contributed by atoms with E-state index in [0.29, 0.717) is 0 Å². The fourth-order valence-electron chi connectivity index (χ4n) is 1.39. The van der Waals surface area contributed by atoms with Gasteiger partial charge in [-0.25, -0.2) is 9.97 Å². The van der Waals surface area contributed by atoms with E-state index in [1.54, 1.807) is 6.33 Å². The molecule has 2 aromatic rings. The van der Waals surface area contributed by atoms with Crippen molar-refractivity contribution >= 4 is 16.9 Å². The van der Waals surface area contributed by atoms with Crippen LogP contribution in [0.3, 0.4) is 0 Å². The zero-order chi connectivity index (χ0) is 9.80. The molecular weight excluding hydrogens is 176 g/mol. The van der Waals surface area contributed by atoms with Crippen LogP contribution in [0.25, 0.3) is 11.0 Å². The Kier molecular flexibility index (Phi) is 2.62. The first-order chi connectivity index (χ1) is 6.92. The minimum absolute atomic E-state index is 0.897. The first kappa shape index (κ1) is 8.99. The number of aromatic amines is 1. The van der Waals surface area contributed by atoms with Crippen LogP contribution in [-0.4, -0.2) is 21.5 Å². The Morgan fingerprint density at radius 2 is 2.36 bits per heavy atom. The van der Waals surface area contributed by atoms with Crippen molar-refractivity contribution in [1.29, 1.82) is 0 Å². The zero-order valence-electron chi connectivity index (χ0n) is 8.25. The quantitative estimate of drug-likeness (QED) is 0.726. The van der Waals surface area contributed by atoms with Gasteiger partial charge in [-0.15, -0.1) is 0 Å². The highest BCUT2D eigenvalue weighted by Crippen LogP contribution is 2.16. The van der Waals surface area contributed by atoms with Crippen LogP contribution in [0.2, 0.25) is 0 Å². The van der Waals surface area contributed by atoms with Crippen molar-refractivity contribution in [1.82, 2.24) is 15.0 Å². The van der Waals surface area contributed by atoms with Crippen molar-refractivity contribution in [2.75, 3.05) is 11.9 Å². The third-order valence-electron chi connectivity index (χ3n) is 2.17. The van der Waals surface area contributed by atoms with Crippen LogP contribution in [0.1, 0.15) is 19.8 Å². The lowest BCUT2D eigenvalue weighted by Crippen LogP contribution is -2.03. The molecule has 4 heteroatoms. The summed E-state index contributed by atoms with van der Waals surface area (Å²) < 4.78 is 0. The second-order valence-electron chi connectivity index (χ2n) is 3.24. The molecule has 0 unspecified atom stereocenters. The molecule has 2 N–H and O–H groups in total. The summed E-state index contributed by atoms with van der Waals surface area (Å²) in [6.45, 7) is 3.13. The minimum Gasteiger partial charge on any atom is -0.368 e. The molecule has 0 saturated carbocycles. The molecule has 0 aliphatic carbocycles. The number of fused-ring (bicyclic) bond motifs is 1. The van der Waals surface area contributed by atoms with Gasteiger partial charge in [0.25, 0.3) is 0 Å². The third-order valence-corrected chi connectivity index (χ3v) is 2.17. The summed E-state index contributed by atoms with van der Waals surface area (Å²) in [5, 5.41) is 3.29. The van der Waals surface area contributed by atoms with E-state index in [4.69, 9.17) is 0 Å². The zero-order valence-corrected chi connectivity index (χ0v) is 8.25. The maximum absolute atomic E-state index is 4.20. The van der Waals surface area contributed by atoms with Crippen LogP contribution in [-0.2, 0) is 0 Å². The lowest BCUT2D eigenvalue weighted by molar-refractivity contribution is 0.831. The van der Waals surface area contributed by atoms with Gasteiger partial charge in [-0.05, 0) is 12.5 Å². The summed E-state index contributed by atoms with van der Waals surface area (Å²) in [5.74, 6) is 0.897. The first-order valence-corrected chi connectivity index (χ1v) is 4.93. The second-order valence-corrected chi connectivity index (χ2v) is 3.24. The Labute approximate surface area is 82.8 Å². The monoisotopic (exact) mass is 190 g/mol. The van der Waals surface area contributed by atoms with E-state index >= 15 is 0 Å². The molecule has 0 aliphatic heterocycles. The van der Waals surface area contributed by atoms with Crippen molar-refractivity contribution in [3.63, 3.8) is 0 Å². The fourth-order valence-corrected chi connectivity index (χ4v) is 1.39. The molecule has 74 valence electrons. The number of hydrogen-bond donors (Lipinski definition) is 2. The predicted octanol–water partition coefficient (Wildman–Crippen LogP) is 2.17. The molecule has 4 nitrogen and oxygen atoms in total. The van der Waals surface area contributed by atoms with E-state index in [1.165, 1.54) is 6.42 Å². The van der Waals surface area contributed by atoms with Crippen molar-refractivity contribution in [3.05, 3.63) is 18.6 Å². The molecule has 0 fully saturated rings. The standard InChI is InChI=1S/C10H14N4/c1-2-3-5-12-10-9-8(4-6-11-9)13-7-14-10/h4,6-7,11H,2-3,5H2,1H3,(H,12,13,14). The van der Waals surface area contributed by atoms with Gasteiger partial charge in [0, 0.05) is 12.7 Å². The second kappa shape index (κ2) is 4.09. The summed E-state index contributed by atoms with van der Waals surface area (Å²) >= 11 is 0. The van der Waals surface area contributed by atoms with Gasteiger partial charge in [0.2, 0.25) is 0 Å². The molecule has 0 bridgehead atoms. The maximum atomic E-state index is 4.20. The number of aromatic nitrogens is 3. The van der Waals surface area contributed by atoms with E-state index in [1.807, 2.05) is 12.3 Å². The molecule has 0 radical (unpaired) electrons. The van der Waals surface area contributed by atoms with E-state index in [-0.39, 0.29) is 0 Å². The van der Waals surface area contributed by atoms with E-state index < -0.39 is 0 Å². The highest BCUT2D eigenvalue weighted by atomic mass is 15.0. The molecule has 0 atom stereocenters. The average molecular weight is 190 g/mol. The molecule has 0 amide bonds. The highest BCUT2D eigenvalue weighted by molar-refractivity contribution is 5.85. The molecule has 0 aromatic carbocycles. The fraction of sp³-hybridized carbons (Fsp3) is 0.400. The Balaban J connectivity index is 2.19. The van der Waals surface area contributed by atoms with Crippen molar-refractivity contribution in [3.8, 4) is 0 Å². The minimum atomic E-state index is 0.897. The van der Waals surface area contributed by atoms with Gasteiger partial charge in [0.15, 0.2) is 5.82 Å². The number of anilines is 1. The molecule has 14 heavy (non-hydrogen) atoms. The van der Waals surface area contributed by atoms with E-state index in [0.717, 1.165) is 29.8 Å². The van der Waals surface area contributed by atoms with Crippen molar-refractivity contribution in [2.45, 2.75) is 19.8 Å². The molecule has 2 aromatic heterocycles. The van der Waals surface area contributed by atoms with Gasteiger partial charge in [0.1, 0.15) is 11.8 Å². The Morgan fingerprint density at radius 3 is 3.21 bits per heavy atom. The van der Waals surface area contributed by atoms with E-state index in [2.05, 4.69) is 27.2 Å². The largest absolute Gasteiger partial charge is 0.368 e. The van der Waals surface area contributed by atoms with Gasteiger partial charge in [-0.1, -0.05) is 13.3 Å². The molecule has 2 rings (SSSR count). The van der Waals surface area contributed by atoms with Crippen LogP contribution >= 0.6 is 0 Å². The van der Waals surface area contributed by atoms with E-state index in [9.17, 15) is 0 Å². The van der Waals surface area contributed by atoms with Crippen molar-refractivity contribution < 1.29 is 0 Å². The third kappa shape index (κ3) is 1.69. The van der Waals surface area contributed by atoms with Gasteiger partial charge in [-0.3, -0.25) is 0 Å². The van der Waals surface area contributed by atoms with Crippen molar-refractivity contribution in [2.24, 2.45) is 0 Å². The Morgan fingerprint density at radius 1 is 1.43 bits per heavy atom. The number of H-pyrrole nitrogens is 1. The van der Waals surface area contributed by atoms with Crippen LogP contribution in [0.5, 0.6) is 0 Å². The summed E-state index contributed by atoms with van der Waals surface area (Å²) in [6.07, 6.45) is 5.81. The first-order valence-electron chi connectivity index (χ1n) is 4.93. The smallest absolute Gasteiger partial charge is 0.153 e. The van der Waals surface area contributed by atoms with Crippen LogP contribution in [0.15, 0.2) is 18.6 Å². The number of unbranched alkanes of at least 4 members (excludes halogenated alkanes) is 1. The Hall–Kier alpha value is -1.58. The lowest BCUT2D eigenvalue weighted by Gasteiger charge is -2.04. The number of nitrogens with one attached hydrogen (secondary N) is 2. The van der Waals surface area contributed by atoms with Crippen LogP contribution in [0, 0.1) is 0 Å². The van der Waals surface area contributed by atoms with Gasteiger partial charge >= 0.3 is 0 Å². The van der Waals surface area contributed by atoms with Crippen LogP contribution in [0.4, 0.5) is 5.82 Å². The maximum Gasteiger partial charge on any atom is 0.153 e. The molecule has 0 spiro atoms. The molecule has 2 heterocycles. The van der Waals surface area contributed by atoms with Gasteiger partial charge < -0.3 is 10.3 Å². The lowest BCUT2D eigenvalue weighted by atomic mass is 10.3. The molecule has 0 saturated heterocycles. The summed E-state index contributed by atoms with van der Waals surface area (Å²) in [7, 11) is 0. The summed E-state index contributed by atoms with van der Waals surface area (Å²) in [6, 6.07) is 1.95. The normalized spacial score (nSPS) is 10.6. The SMILES string of the molecule is CCCCNc1ncnc2cc[nH]c12. The molecular formula is C10H14N4. The molecule has 0 aliphatic rings. The topological polar surface area (TPSA) is 53.6 Å².